The van der Waals surface area contributed by atoms with Crippen LogP contribution < -0.4 is 5.73 Å². The van der Waals surface area contributed by atoms with Crippen LogP contribution >= 0.6 is 0 Å². The number of nitrogen functional groups attached to an aromatic ring is 1. The molecule has 0 aliphatic heterocycles. The van der Waals surface area contributed by atoms with E-state index in [0.29, 0.717) is 11.7 Å². The summed E-state index contributed by atoms with van der Waals surface area (Å²) in [4.78, 5) is 0. The Bertz CT molecular complexity index is 485. The molecule has 0 aliphatic carbocycles. The lowest BCUT2D eigenvalue weighted by Gasteiger charge is -2.03. The maximum Gasteiger partial charge on any atom is 0.127 e. The maximum absolute atomic E-state index is 12.8. The van der Waals surface area contributed by atoms with Gasteiger partial charge in [-0.3, -0.25) is 0 Å². The van der Waals surface area contributed by atoms with Gasteiger partial charge < -0.3 is 5.73 Å². The highest BCUT2D eigenvalue weighted by Crippen LogP contribution is 2.19. The van der Waals surface area contributed by atoms with Crippen LogP contribution in [0.1, 0.15) is 25.5 Å². The largest absolute Gasteiger partial charge is 0.384 e. The van der Waals surface area contributed by atoms with Crippen LogP contribution in [0, 0.1) is 5.82 Å². The van der Waals surface area contributed by atoms with Crippen molar-refractivity contribution in [3.8, 4) is 5.69 Å². The predicted octanol–water partition coefficient (Wildman–Crippen LogP) is 2.72. The van der Waals surface area contributed by atoms with E-state index >= 15 is 0 Å². The summed E-state index contributed by atoms with van der Waals surface area (Å²) in [5.41, 5.74) is 7.56. The average Bonchev–Trinajstić information content (AvgIpc) is 2.62. The van der Waals surface area contributed by atoms with Gasteiger partial charge in [0.25, 0.3) is 0 Å². The summed E-state index contributed by atoms with van der Waals surface area (Å²) in [6, 6.07) is 7.94. The lowest BCUT2D eigenvalue weighted by Crippen LogP contribution is -2.02. The van der Waals surface area contributed by atoms with Crippen molar-refractivity contribution in [1.29, 1.82) is 0 Å². The van der Waals surface area contributed by atoms with Gasteiger partial charge in [0.1, 0.15) is 11.6 Å². The molecule has 2 N–H and O–H groups in total. The number of hydrogen-bond donors (Lipinski definition) is 1. The normalized spacial score (nSPS) is 11.0. The third-order valence-corrected chi connectivity index (χ3v) is 2.42. The first-order chi connectivity index (χ1) is 7.58. The fourth-order valence-electron chi connectivity index (χ4n) is 1.49. The third kappa shape index (κ3) is 1.91. The highest BCUT2D eigenvalue weighted by atomic mass is 19.1. The van der Waals surface area contributed by atoms with E-state index in [2.05, 4.69) is 18.9 Å². The number of nitrogens with zero attached hydrogens (tertiary/aromatic N) is 2. The van der Waals surface area contributed by atoms with Crippen LogP contribution in [0.15, 0.2) is 30.3 Å². The summed E-state index contributed by atoms with van der Waals surface area (Å²) < 4.78 is 14.4. The van der Waals surface area contributed by atoms with Gasteiger partial charge in [0.05, 0.1) is 11.4 Å². The van der Waals surface area contributed by atoms with E-state index in [1.165, 1.54) is 12.1 Å². The molecule has 1 heterocycles. The highest BCUT2D eigenvalue weighted by molar-refractivity contribution is 5.43. The van der Waals surface area contributed by atoms with E-state index in [4.69, 9.17) is 5.73 Å². The Labute approximate surface area is 93.7 Å². The molecule has 84 valence electrons. The predicted molar refractivity (Wildman–Crippen MR) is 62.0 cm³/mol. The molecular weight excluding hydrogens is 205 g/mol. The molecule has 16 heavy (non-hydrogen) atoms. The van der Waals surface area contributed by atoms with E-state index in [9.17, 15) is 4.39 Å². The van der Waals surface area contributed by atoms with E-state index in [1.807, 2.05) is 6.07 Å². The van der Waals surface area contributed by atoms with Gasteiger partial charge in [0, 0.05) is 6.07 Å². The fraction of sp³-hybridized carbons (Fsp3) is 0.250. The van der Waals surface area contributed by atoms with E-state index in [0.717, 1.165) is 11.4 Å². The number of anilines is 1. The van der Waals surface area contributed by atoms with Gasteiger partial charge in [-0.1, -0.05) is 13.8 Å². The summed E-state index contributed by atoms with van der Waals surface area (Å²) >= 11 is 0. The van der Waals surface area contributed by atoms with Gasteiger partial charge >= 0.3 is 0 Å². The number of halogens is 1. The van der Waals surface area contributed by atoms with Crippen molar-refractivity contribution < 1.29 is 4.39 Å². The van der Waals surface area contributed by atoms with Crippen molar-refractivity contribution in [2.45, 2.75) is 19.8 Å². The molecule has 1 aromatic carbocycles. The molecule has 1 aromatic heterocycles. The van der Waals surface area contributed by atoms with Crippen molar-refractivity contribution in [3.05, 3.63) is 41.8 Å². The molecule has 2 aromatic rings. The molecule has 0 radical (unpaired) electrons. The van der Waals surface area contributed by atoms with Gasteiger partial charge in [-0.2, -0.15) is 5.10 Å². The Hall–Kier alpha value is -1.84. The lowest BCUT2D eigenvalue weighted by molar-refractivity contribution is 0.627. The maximum atomic E-state index is 12.8. The van der Waals surface area contributed by atoms with Crippen LogP contribution in [-0.2, 0) is 0 Å². The molecular formula is C12H14FN3. The molecule has 0 fully saturated rings. The first-order valence-corrected chi connectivity index (χ1v) is 5.19. The fourth-order valence-corrected chi connectivity index (χ4v) is 1.49. The van der Waals surface area contributed by atoms with Crippen LogP contribution in [-0.4, -0.2) is 9.78 Å². The molecule has 0 bridgehead atoms. The summed E-state index contributed by atoms with van der Waals surface area (Å²) in [5, 5.41) is 4.38. The smallest absolute Gasteiger partial charge is 0.127 e. The van der Waals surface area contributed by atoms with Gasteiger partial charge in [0.15, 0.2) is 0 Å². The van der Waals surface area contributed by atoms with Crippen molar-refractivity contribution in [2.75, 3.05) is 5.73 Å². The van der Waals surface area contributed by atoms with Crippen LogP contribution in [0.5, 0.6) is 0 Å². The molecule has 3 nitrogen and oxygen atoms in total. The van der Waals surface area contributed by atoms with Crippen LogP contribution in [0.2, 0.25) is 0 Å². The molecule has 0 aliphatic rings. The van der Waals surface area contributed by atoms with Gasteiger partial charge in [0.2, 0.25) is 0 Å². The molecule has 0 spiro atoms. The Kier molecular flexibility index (Phi) is 2.64. The molecule has 0 saturated carbocycles. The number of aromatic nitrogens is 2. The minimum Gasteiger partial charge on any atom is -0.384 e. The number of nitrogens with two attached hydrogens (primary N) is 1. The first-order valence-electron chi connectivity index (χ1n) is 5.19. The van der Waals surface area contributed by atoms with Gasteiger partial charge in [-0.15, -0.1) is 0 Å². The molecule has 0 amide bonds. The third-order valence-electron chi connectivity index (χ3n) is 2.42. The zero-order chi connectivity index (χ0) is 11.7. The standard InChI is InChI=1S/C12H14FN3/c1-8(2)11-7-12(14)16(15-11)10-5-3-9(13)4-6-10/h3-8H,14H2,1-2H3. The molecule has 0 unspecified atom stereocenters. The van der Waals surface area contributed by atoms with E-state index in [-0.39, 0.29) is 5.82 Å². The number of rotatable bonds is 2. The summed E-state index contributed by atoms with van der Waals surface area (Å²) in [5.74, 6) is 0.623. The zero-order valence-corrected chi connectivity index (χ0v) is 9.31. The first kappa shape index (κ1) is 10.7. The van der Waals surface area contributed by atoms with Crippen molar-refractivity contribution >= 4 is 5.82 Å². The minimum atomic E-state index is -0.265. The molecule has 0 atom stereocenters. The topological polar surface area (TPSA) is 43.8 Å². The second-order valence-electron chi connectivity index (χ2n) is 4.04. The summed E-state index contributed by atoms with van der Waals surface area (Å²) in [7, 11) is 0. The second-order valence-corrected chi connectivity index (χ2v) is 4.04. The minimum absolute atomic E-state index is 0.265. The quantitative estimate of drug-likeness (QED) is 0.844. The van der Waals surface area contributed by atoms with Crippen molar-refractivity contribution in [2.24, 2.45) is 0 Å². The Morgan fingerprint density at radius 1 is 1.25 bits per heavy atom. The van der Waals surface area contributed by atoms with Crippen LogP contribution in [0.3, 0.4) is 0 Å². The molecule has 0 saturated heterocycles. The highest BCUT2D eigenvalue weighted by Gasteiger charge is 2.09. The number of hydrogen-bond acceptors (Lipinski definition) is 2. The Morgan fingerprint density at radius 3 is 2.38 bits per heavy atom. The Balaban J connectivity index is 2.44. The zero-order valence-electron chi connectivity index (χ0n) is 9.31. The lowest BCUT2D eigenvalue weighted by atomic mass is 10.1. The average molecular weight is 219 g/mol. The van der Waals surface area contributed by atoms with Crippen molar-refractivity contribution in [1.82, 2.24) is 9.78 Å². The molecule has 4 heteroatoms. The summed E-state index contributed by atoms with van der Waals surface area (Å²) in [6.07, 6.45) is 0. The Morgan fingerprint density at radius 2 is 1.88 bits per heavy atom. The monoisotopic (exact) mass is 219 g/mol. The number of benzene rings is 1. The summed E-state index contributed by atoms with van der Waals surface area (Å²) in [6.45, 7) is 4.10. The second kappa shape index (κ2) is 3.96. The van der Waals surface area contributed by atoms with Crippen LogP contribution in [0.4, 0.5) is 10.2 Å². The van der Waals surface area contributed by atoms with E-state index in [1.54, 1.807) is 16.8 Å². The SMILES string of the molecule is CC(C)c1cc(N)n(-c2ccc(F)cc2)n1. The van der Waals surface area contributed by atoms with Crippen LogP contribution in [0.25, 0.3) is 5.69 Å². The molecule has 2 rings (SSSR count). The van der Waals surface area contributed by atoms with E-state index < -0.39 is 0 Å². The van der Waals surface area contributed by atoms with Gasteiger partial charge in [-0.05, 0) is 30.2 Å². The van der Waals surface area contributed by atoms with Gasteiger partial charge in [-0.25, -0.2) is 9.07 Å². The van der Waals surface area contributed by atoms with Crippen molar-refractivity contribution in [3.63, 3.8) is 0 Å².